The van der Waals surface area contributed by atoms with Crippen LogP contribution in [0.2, 0.25) is 0 Å². The first-order chi connectivity index (χ1) is 10.1. The van der Waals surface area contributed by atoms with Crippen LogP contribution in [0.4, 0.5) is 0 Å². The first-order valence-electron chi connectivity index (χ1n) is 7.40. The van der Waals surface area contributed by atoms with E-state index in [1.165, 1.54) is 16.8 Å². The zero-order valence-corrected chi connectivity index (χ0v) is 12.4. The highest BCUT2D eigenvalue weighted by molar-refractivity contribution is 5.74. The zero-order valence-electron chi connectivity index (χ0n) is 12.4. The van der Waals surface area contributed by atoms with Gasteiger partial charge in [-0.15, -0.1) is 0 Å². The minimum absolute atomic E-state index is 0.131. The number of benzene rings is 1. The van der Waals surface area contributed by atoms with Crippen LogP contribution in [0.3, 0.4) is 0 Å². The number of fused-ring (bicyclic) bond motifs is 5. The van der Waals surface area contributed by atoms with Gasteiger partial charge in [0.2, 0.25) is 0 Å². The van der Waals surface area contributed by atoms with Gasteiger partial charge < -0.3 is 10.1 Å². The maximum absolute atomic E-state index is 5.75. The van der Waals surface area contributed by atoms with Crippen molar-refractivity contribution in [2.45, 2.75) is 32.2 Å². The van der Waals surface area contributed by atoms with Gasteiger partial charge >= 0.3 is 0 Å². The molecule has 3 aromatic rings. The predicted octanol–water partition coefficient (Wildman–Crippen LogP) is 3.29. The Kier molecular flexibility index (Phi) is 2.51. The molecule has 2 aromatic heterocycles. The quantitative estimate of drug-likeness (QED) is 0.741. The first kappa shape index (κ1) is 12.6. The second-order valence-corrected chi connectivity index (χ2v) is 6.48. The number of hydrogen-bond donors (Lipinski definition) is 1. The predicted molar refractivity (Wildman–Crippen MR) is 85.2 cm³/mol. The molecule has 0 fully saturated rings. The monoisotopic (exact) mass is 277 g/mol. The van der Waals surface area contributed by atoms with Crippen molar-refractivity contribution in [3.63, 3.8) is 0 Å². The Bertz CT molecular complexity index is 843. The Morgan fingerprint density at radius 1 is 1.24 bits per heavy atom. The van der Waals surface area contributed by atoms with E-state index in [1.807, 2.05) is 0 Å². The lowest BCUT2D eigenvalue weighted by molar-refractivity contribution is 0.508. The fourth-order valence-corrected chi connectivity index (χ4v) is 3.44. The highest BCUT2D eigenvalue weighted by Gasteiger charge is 2.33. The fraction of sp³-hybridized carbons (Fsp3) is 0.278. The topological polar surface area (TPSA) is 43.3 Å². The van der Waals surface area contributed by atoms with Gasteiger partial charge in [0.05, 0.1) is 11.4 Å². The molecule has 0 aliphatic heterocycles. The van der Waals surface area contributed by atoms with E-state index in [9.17, 15) is 0 Å². The van der Waals surface area contributed by atoms with Crippen LogP contribution in [0.25, 0.3) is 16.9 Å². The Balaban J connectivity index is 2.05. The molecule has 1 aliphatic carbocycles. The van der Waals surface area contributed by atoms with Gasteiger partial charge in [-0.05, 0) is 35.1 Å². The fourth-order valence-electron chi connectivity index (χ4n) is 3.44. The molecular formula is C18H19N3. The van der Waals surface area contributed by atoms with Crippen molar-refractivity contribution < 1.29 is 0 Å². The zero-order chi connectivity index (χ0) is 14.6. The Morgan fingerprint density at radius 3 is 2.86 bits per heavy atom. The van der Waals surface area contributed by atoms with E-state index in [0.29, 0.717) is 6.54 Å². The van der Waals surface area contributed by atoms with Gasteiger partial charge in [-0.1, -0.05) is 38.1 Å². The molecule has 0 saturated heterocycles. The van der Waals surface area contributed by atoms with Gasteiger partial charge in [0.25, 0.3) is 0 Å². The van der Waals surface area contributed by atoms with Crippen LogP contribution >= 0.6 is 0 Å². The number of nitrogens with two attached hydrogens (primary N) is 1. The number of hydrogen-bond acceptors (Lipinski definition) is 2. The largest absolute Gasteiger partial charge is 0.326 e. The molecule has 21 heavy (non-hydrogen) atoms. The third kappa shape index (κ3) is 1.74. The molecule has 2 heterocycles. The molecule has 0 unspecified atom stereocenters. The van der Waals surface area contributed by atoms with Crippen molar-refractivity contribution in [2.24, 2.45) is 5.73 Å². The molecule has 4 rings (SSSR count). The van der Waals surface area contributed by atoms with Crippen LogP contribution in [-0.4, -0.2) is 9.38 Å². The van der Waals surface area contributed by atoms with E-state index in [2.05, 4.69) is 60.8 Å². The van der Waals surface area contributed by atoms with E-state index in [1.54, 1.807) is 0 Å². The normalized spacial score (nSPS) is 15.8. The van der Waals surface area contributed by atoms with E-state index in [-0.39, 0.29) is 5.41 Å². The molecule has 1 aliphatic rings. The summed E-state index contributed by atoms with van der Waals surface area (Å²) < 4.78 is 2.21. The Morgan fingerprint density at radius 2 is 2.05 bits per heavy atom. The number of aromatic nitrogens is 2. The molecule has 0 bridgehead atoms. The summed E-state index contributed by atoms with van der Waals surface area (Å²) in [7, 11) is 0. The summed E-state index contributed by atoms with van der Waals surface area (Å²) in [4.78, 5) is 4.88. The van der Waals surface area contributed by atoms with Crippen LogP contribution in [0, 0.1) is 0 Å². The summed E-state index contributed by atoms with van der Waals surface area (Å²) in [6.45, 7) is 5.17. The van der Waals surface area contributed by atoms with Crippen LogP contribution < -0.4 is 5.73 Å². The minimum atomic E-state index is 0.131. The third-order valence-electron chi connectivity index (χ3n) is 4.55. The smallest absolute Gasteiger partial charge is 0.137 e. The van der Waals surface area contributed by atoms with Crippen molar-refractivity contribution in [1.82, 2.24) is 9.38 Å². The van der Waals surface area contributed by atoms with Crippen molar-refractivity contribution >= 4 is 5.65 Å². The molecular weight excluding hydrogens is 258 g/mol. The van der Waals surface area contributed by atoms with E-state index < -0.39 is 0 Å². The van der Waals surface area contributed by atoms with Gasteiger partial charge in [0, 0.05) is 18.3 Å². The second-order valence-electron chi connectivity index (χ2n) is 6.48. The lowest BCUT2D eigenvalue weighted by Crippen LogP contribution is -2.26. The van der Waals surface area contributed by atoms with E-state index >= 15 is 0 Å². The lowest BCUT2D eigenvalue weighted by Gasteiger charge is -2.32. The minimum Gasteiger partial charge on any atom is -0.326 e. The Labute approximate surface area is 124 Å². The first-order valence-corrected chi connectivity index (χ1v) is 7.40. The van der Waals surface area contributed by atoms with Gasteiger partial charge in [0.1, 0.15) is 5.65 Å². The molecule has 0 spiro atoms. The average molecular weight is 277 g/mol. The summed E-state index contributed by atoms with van der Waals surface area (Å²) in [5.74, 6) is 0. The Hall–Kier alpha value is -2.13. The van der Waals surface area contributed by atoms with Gasteiger partial charge in [-0.25, -0.2) is 4.98 Å². The van der Waals surface area contributed by atoms with E-state index in [4.69, 9.17) is 10.7 Å². The van der Waals surface area contributed by atoms with Crippen molar-refractivity contribution in [3.8, 4) is 11.3 Å². The summed E-state index contributed by atoms with van der Waals surface area (Å²) in [5, 5.41) is 0. The molecule has 0 amide bonds. The van der Waals surface area contributed by atoms with E-state index in [0.717, 1.165) is 23.3 Å². The molecule has 3 heteroatoms. The molecule has 2 N–H and O–H groups in total. The molecule has 0 atom stereocenters. The number of nitrogens with zero attached hydrogens (tertiary/aromatic N) is 2. The van der Waals surface area contributed by atoms with Gasteiger partial charge in [-0.2, -0.15) is 0 Å². The van der Waals surface area contributed by atoms with Crippen LogP contribution in [0.1, 0.15) is 30.7 Å². The molecule has 106 valence electrons. The summed E-state index contributed by atoms with van der Waals surface area (Å²) in [6, 6.07) is 12.8. The van der Waals surface area contributed by atoms with Crippen molar-refractivity contribution in [3.05, 3.63) is 59.4 Å². The second kappa shape index (κ2) is 4.18. The van der Waals surface area contributed by atoms with Crippen molar-refractivity contribution in [2.75, 3.05) is 0 Å². The maximum atomic E-state index is 5.75. The number of rotatable bonds is 1. The van der Waals surface area contributed by atoms with Gasteiger partial charge in [0.15, 0.2) is 0 Å². The lowest BCUT2D eigenvalue weighted by atomic mass is 9.73. The third-order valence-corrected chi connectivity index (χ3v) is 4.55. The van der Waals surface area contributed by atoms with Crippen LogP contribution in [0.5, 0.6) is 0 Å². The number of imidazole rings is 1. The maximum Gasteiger partial charge on any atom is 0.137 e. The summed E-state index contributed by atoms with van der Waals surface area (Å²) in [5.41, 5.74) is 13.1. The van der Waals surface area contributed by atoms with Crippen LogP contribution in [-0.2, 0) is 18.4 Å². The standard InChI is InChI=1S/C18H19N3/c1-18(2)10-15-17(13-5-3-4-6-14(13)18)20-16-9-12(11-19)7-8-21(15)16/h3-9H,10-11,19H2,1-2H3. The molecule has 1 aromatic carbocycles. The summed E-state index contributed by atoms with van der Waals surface area (Å²) >= 11 is 0. The molecule has 3 nitrogen and oxygen atoms in total. The number of pyridine rings is 1. The van der Waals surface area contributed by atoms with Crippen LogP contribution in [0.15, 0.2) is 42.6 Å². The summed E-state index contributed by atoms with van der Waals surface area (Å²) in [6.07, 6.45) is 3.11. The molecule has 0 radical (unpaired) electrons. The highest BCUT2D eigenvalue weighted by Crippen LogP contribution is 2.42. The molecule has 0 saturated carbocycles. The SMILES string of the molecule is CC1(C)Cc2c(nc3cc(CN)ccn23)-c2ccccc21. The average Bonchev–Trinajstić information content (AvgIpc) is 2.84. The van der Waals surface area contributed by atoms with Crippen molar-refractivity contribution in [1.29, 1.82) is 0 Å². The van der Waals surface area contributed by atoms with Gasteiger partial charge in [-0.3, -0.25) is 0 Å². The highest BCUT2D eigenvalue weighted by atomic mass is 15.0.